The number of morpholine rings is 1. The van der Waals surface area contributed by atoms with Gasteiger partial charge < -0.3 is 19.3 Å². The van der Waals surface area contributed by atoms with Gasteiger partial charge in [-0.3, -0.25) is 4.79 Å². The average Bonchev–Trinajstić information content (AvgIpc) is 3.06. The summed E-state index contributed by atoms with van der Waals surface area (Å²) in [6, 6.07) is 5.80. The number of benzene rings is 1. The largest absolute Gasteiger partial charge is 0.495 e. The number of nitrogens with one attached hydrogen (secondary N) is 1. The minimum atomic E-state index is -3.82. The molecule has 0 spiro atoms. The second-order valence-electron chi connectivity index (χ2n) is 5.66. The molecule has 1 saturated heterocycles. The fourth-order valence-corrected chi connectivity index (χ4v) is 4.15. The van der Waals surface area contributed by atoms with Crippen LogP contribution >= 0.6 is 0 Å². The van der Waals surface area contributed by atoms with Crippen LogP contribution in [-0.2, 0) is 14.8 Å². The first-order chi connectivity index (χ1) is 12.4. The quantitative estimate of drug-likeness (QED) is 0.830. The number of sulfonamides is 1. The average molecular weight is 381 g/mol. The van der Waals surface area contributed by atoms with Crippen LogP contribution in [0.1, 0.15) is 16.1 Å². The lowest BCUT2D eigenvalue weighted by molar-refractivity contribution is 0.0729. The van der Waals surface area contributed by atoms with Gasteiger partial charge >= 0.3 is 0 Å². The fourth-order valence-electron chi connectivity index (χ4n) is 2.56. The molecule has 1 fully saturated rings. The Kier molecular flexibility index (Phi) is 5.25. The Morgan fingerprint density at radius 3 is 2.62 bits per heavy atom. The van der Waals surface area contributed by atoms with Gasteiger partial charge in [-0.15, -0.1) is 0 Å². The zero-order chi connectivity index (χ0) is 18.7. The lowest BCUT2D eigenvalue weighted by Gasteiger charge is -2.26. The number of methoxy groups -OCH3 is 1. The molecule has 2 aromatic rings. The molecule has 3 rings (SSSR count). The maximum atomic E-state index is 12.9. The highest BCUT2D eigenvalue weighted by Crippen LogP contribution is 2.28. The molecule has 1 aromatic heterocycles. The first-order valence-electron chi connectivity index (χ1n) is 7.92. The number of nitrogens with zero attached hydrogens (tertiary/aromatic N) is 2. The van der Waals surface area contributed by atoms with E-state index in [2.05, 4.69) is 10.5 Å². The van der Waals surface area contributed by atoms with Gasteiger partial charge in [0.25, 0.3) is 5.91 Å². The number of anilines is 1. The number of hydrogen-bond acceptors (Lipinski definition) is 7. The van der Waals surface area contributed by atoms with Crippen molar-refractivity contribution in [2.75, 3.05) is 38.7 Å². The lowest BCUT2D eigenvalue weighted by Crippen LogP contribution is -2.40. The van der Waals surface area contributed by atoms with Crippen molar-refractivity contribution in [2.45, 2.75) is 11.8 Å². The van der Waals surface area contributed by atoms with E-state index in [-0.39, 0.29) is 35.1 Å². The normalized spacial score (nSPS) is 15.6. The van der Waals surface area contributed by atoms with Crippen LogP contribution in [0.2, 0.25) is 0 Å². The number of carbonyl (C=O) groups is 1. The molecule has 9 nitrogen and oxygen atoms in total. The smallest absolute Gasteiger partial charge is 0.256 e. The van der Waals surface area contributed by atoms with Gasteiger partial charge in [-0.05, 0) is 25.1 Å². The summed E-state index contributed by atoms with van der Waals surface area (Å²) < 4.78 is 42.5. The number of hydrogen-bond donors (Lipinski definition) is 1. The monoisotopic (exact) mass is 381 g/mol. The van der Waals surface area contributed by atoms with Crippen LogP contribution in [0.15, 0.2) is 33.7 Å². The van der Waals surface area contributed by atoms with Crippen molar-refractivity contribution < 1.29 is 27.2 Å². The summed E-state index contributed by atoms with van der Waals surface area (Å²) in [6.45, 7) is 2.85. The van der Waals surface area contributed by atoms with Crippen LogP contribution in [0.4, 0.5) is 5.82 Å². The van der Waals surface area contributed by atoms with Gasteiger partial charge in [0.05, 0.1) is 20.3 Å². The number of aromatic nitrogens is 1. The van der Waals surface area contributed by atoms with Crippen molar-refractivity contribution in [3.05, 3.63) is 35.6 Å². The third kappa shape index (κ3) is 3.71. The Bertz CT molecular complexity index is 902. The van der Waals surface area contributed by atoms with Crippen LogP contribution in [-0.4, -0.2) is 57.2 Å². The third-order valence-electron chi connectivity index (χ3n) is 3.88. The number of rotatable bonds is 5. The molecule has 2 heterocycles. The van der Waals surface area contributed by atoms with Gasteiger partial charge in [-0.25, -0.2) is 8.42 Å². The zero-order valence-corrected chi connectivity index (χ0v) is 15.2. The third-order valence-corrected chi connectivity index (χ3v) is 5.80. The maximum Gasteiger partial charge on any atom is 0.256 e. The molecule has 0 aliphatic carbocycles. The highest BCUT2D eigenvalue weighted by Gasteiger charge is 2.30. The summed E-state index contributed by atoms with van der Waals surface area (Å²) in [7, 11) is -2.43. The molecule has 26 heavy (non-hydrogen) atoms. The van der Waals surface area contributed by atoms with E-state index < -0.39 is 15.9 Å². The molecular weight excluding hydrogens is 362 g/mol. The molecule has 0 unspecified atom stereocenters. The molecule has 1 amide bonds. The van der Waals surface area contributed by atoms with Crippen molar-refractivity contribution in [3.8, 4) is 5.75 Å². The minimum Gasteiger partial charge on any atom is -0.495 e. The number of aryl methyl sites for hydroxylation is 1. The fraction of sp³-hybridized carbons (Fsp3) is 0.375. The van der Waals surface area contributed by atoms with Crippen LogP contribution in [0.25, 0.3) is 0 Å². The highest BCUT2D eigenvalue weighted by molar-refractivity contribution is 7.89. The molecule has 0 radical (unpaired) electrons. The first-order valence-corrected chi connectivity index (χ1v) is 9.36. The summed E-state index contributed by atoms with van der Waals surface area (Å²) in [5.74, 6) is 0.469. The molecule has 10 heteroatoms. The Morgan fingerprint density at radius 1 is 1.27 bits per heavy atom. The molecule has 0 atom stereocenters. The Labute approximate surface area is 150 Å². The second-order valence-corrected chi connectivity index (χ2v) is 7.57. The van der Waals surface area contributed by atoms with Crippen molar-refractivity contribution in [1.29, 1.82) is 0 Å². The van der Waals surface area contributed by atoms with E-state index in [0.717, 1.165) is 0 Å². The van der Waals surface area contributed by atoms with Gasteiger partial charge in [0.15, 0.2) is 5.82 Å². The van der Waals surface area contributed by atoms with Crippen molar-refractivity contribution in [1.82, 2.24) is 9.46 Å². The Balaban J connectivity index is 1.92. The Hall–Kier alpha value is -2.43. The molecule has 1 aromatic carbocycles. The van der Waals surface area contributed by atoms with Gasteiger partial charge in [-0.2, -0.15) is 4.31 Å². The summed E-state index contributed by atoms with van der Waals surface area (Å²) in [6.07, 6.45) is 0. The standard InChI is InChI=1S/C16H19N3O6S/c1-11-9-15(18-25-11)17-16(20)12-3-4-13(23-2)14(10-12)26(21,22)19-5-7-24-8-6-19/h3-4,9-10H,5-8H2,1-2H3,(H,17,18,20). The molecular formula is C16H19N3O6S. The summed E-state index contributed by atoms with van der Waals surface area (Å²) in [5, 5.41) is 6.25. The molecule has 0 saturated carbocycles. The van der Waals surface area contributed by atoms with Crippen LogP contribution in [0.5, 0.6) is 5.75 Å². The van der Waals surface area contributed by atoms with Crippen LogP contribution in [0, 0.1) is 6.92 Å². The van der Waals surface area contributed by atoms with Gasteiger partial charge in [0.1, 0.15) is 16.4 Å². The zero-order valence-electron chi connectivity index (χ0n) is 14.4. The summed E-state index contributed by atoms with van der Waals surface area (Å²) >= 11 is 0. The van der Waals surface area contributed by atoms with E-state index in [9.17, 15) is 13.2 Å². The van der Waals surface area contributed by atoms with Crippen molar-refractivity contribution in [3.63, 3.8) is 0 Å². The van der Waals surface area contributed by atoms with Gasteiger partial charge in [-0.1, -0.05) is 5.16 Å². The summed E-state index contributed by atoms with van der Waals surface area (Å²) in [5.41, 5.74) is 0.165. The van der Waals surface area contributed by atoms with Gasteiger partial charge in [0, 0.05) is 24.7 Å². The van der Waals surface area contributed by atoms with E-state index in [4.69, 9.17) is 14.0 Å². The predicted molar refractivity (Wildman–Crippen MR) is 91.8 cm³/mol. The van der Waals surface area contributed by atoms with Gasteiger partial charge in [0.2, 0.25) is 10.0 Å². The lowest BCUT2D eigenvalue weighted by atomic mass is 10.2. The Morgan fingerprint density at radius 2 is 2.00 bits per heavy atom. The highest BCUT2D eigenvalue weighted by atomic mass is 32.2. The maximum absolute atomic E-state index is 12.9. The summed E-state index contributed by atoms with van der Waals surface area (Å²) in [4.78, 5) is 12.4. The number of carbonyl (C=O) groups excluding carboxylic acids is 1. The number of amides is 1. The minimum absolute atomic E-state index is 0.0640. The van der Waals surface area contributed by atoms with E-state index in [1.807, 2.05) is 0 Å². The van der Waals surface area contributed by atoms with E-state index in [0.29, 0.717) is 19.0 Å². The molecule has 1 N–H and O–H groups in total. The molecule has 0 bridgehead atoms. The van der Waals surface area contributed by atoms with Crippen LogP contribution in [0.3, 0.4) is 0 Å². The molecule has 140 valence electrons. The molecule has 1 aliphatic rings. The SMILES string of the molecule is COc1ccc(C(=O)Nc2cc(C)on2)cc1S(=O)(=O)N1CCOCC1. The van der Waals surface area contributed by atoms with E-state index in [1.165, 1.54) is 29.6 Å². The molecule has 1 aliphatic heterocycles. The topological polar surface area (TPSA) is 111 Å². The van der Waals surface area contributed by atoms with E-state index >= 15 is 0 Å². The van der Waals surface area contributed by atoms with Crippen molar-refractivity contribution in [2.24, 2.45) is 0 Å². The van der Waals surface area contributed by atoms with Crippen molar-refractivity contribution >= 4 is 21.7 Å². The van der Waals surface area contributed by atoms with E-state index in [1.54, 1.807) is 13.0 Å². The number of ether oxygens (including phenoxy) is 2. The predicted octanol–water partition coefficient (Wildman–Crippen LogP) is 1.26. The second kappa shape index (κ2) is 7.44. The van der Waals surface area contributed by atoms with Crippen LogP contribution < -0.4 is 10.1 Å². The first kappa shape index (κ1) is 18.4.